The van der Waals surface area contributed by atoms with Crippen molar-refractivity contribution in [2.45, 2.75) is 72.1 Å². The van der Waals surface area contributed by atoms with Crippen LogP contribution < -0.4 is 0 Å². The molecule has 0 radical (unpaired) electrons. The summed E-state index contributed by atoms with van der Waals surface area (Å²) in [5.41, 5.74) is 3.20. The van der Waals surface area contributed by atoms with Gasteiger partial charge in [0.2, 0.25) is 5.91 Å². The van der Waals surface area contributed by atoms with E-state index in [2.05, 4.69) is 15.2 Å². The van der Waals surface area contributed by atoms with Crippen molar-refractivity contribution in [2.24, 2.45) is 0 Å². The van der Waals surface area contributed by atoms with E-state index in [1.54, 1.807) is 17.9 Å². The van der Waals surface area contributed by atoms with E-state index in [-0.39, 0.29) is 24.0 Å². The second kappa shape index (κ2) is 8.22. The van der Waals surface area contributed by atoms with Gasteiger partial charge in [-0.1, -0.05) is 6.92 Å². The number of rotatable bonds is 5. The fraction of sp³-hybridized carbons (Fsp3) is 0.545. The average Bonchev–Trinajstić information content (AvgIpc) is 3.44. The summed E-state index contributed by atoms with van der Waals surface area (Å²) in [7, 11) is 0. The zero-order valence-corrected chi connectivity index (χ0v) is 18.7. The van der Waals surface area contributed by atoms with Crippen LogP contribution in [-0.4, -0.2) is 41.7 Å². The van der Waals surface area contributed by atoms with Gasteiger partial charge in [0.15, 0.2) is 5.65 Å². The van der Waals surface area contributed by atoms with Gasteiger partial charge in [0, 0.05) is 37.0 Å². The second-order valence-electron chi connectivity index (χ2n) is 8.34. The number of halogens is 3. The second-order valence-corrected chi connectivity index (χ2v) is 8.34. The minimum absolute atomic E-state index is 0.0481. The molecule has 0 N–H and O–H groups in total. The van der Waals surface area contributed by atoms with E-state index in [1.165, 1.54) is 0 Å². The molecule has 0 saturated carbocycles. The van der Waals surface area contributed by atoms with Gasteiger partial charge in [-0.25, -0.2) is 9.50 Å². The molecule has 0 bridgehead atoms. The lowest BCUT2D eigenvalue weighted by Crippen LogP contribution is -2.31. The highest BCUT2D eigenvalue weighted by atomic mass is 19.4. The number of aryl methyl sites for hydroxylation is 3. The number of nitrogens with zero attached hydrogens (tertiary/aromatic N) is 6. The maximum atomic E-state index is 13.6. The Morgan fingerprint density at radius 1 is 1.19 bits per heavy atom. The van der Waals surface area contributed by atoms with Gasteiger partial charge in [0.05, 0.1) is 17.4 Å². The molecule has 0 aromatic carbocycles. The number of aromatic nitrogens is 5. The quantitative estimate of drug-likeness (QED) is 0.587. The summed E-state index contributed by atoms with van der Waals surface area (Å²) < 4.78 is 43.5. The first-order valence-electron chi connectivity index (χ1n) is 10.9. The van der Waals surface area contributed by atoms with E-state index in [0.29, 0.717) is 37.3 Å². The molecule has 3 aromatic heterocycles. The number of hydrogen-bond acceptors (Lipinski definition) is 4. The third kappa shape index (κ3) is 3.98. The van der Waals surface area contributed by atoms with Crippen molar-refractivity contribution in [1.82, 2.24) is 29.3 Å². The molecule has 4 heterocycles. The van der Waals surface area contributed by atoms with Crippen molar-refractivity contribution in [2.75, 3.05) is 6.54 Å². The van der Waals surface area contributed by atoms with Crippen LogP contribution in [0.15, 0.2) is 12.1 Å². The molecule has 3 aromatic rings. The molecule has 0 spiro atoms. The van der Waals surface area contributed by atoms with Crippen molar-refractivity contribution in [3.05, 3.63) is 46.2 Å². The van der Waals surface area contributed by atoms with Gasteiger partial charge in [0.1, 0.15) is 5.69 Å². The molecule has 7 nitrogen and oxygen atoms in total. The van der Waals surface area contributed by atoms with E-state index in [1.807, 2.05) is 25.5 Å². The van der Waals surface area contributed by atoms with Gasteiger partial charge >= 0.3 is 6.18 Å². The van der Waals surface area contributed by atoms with Gasteiger partial charge in [-0.15, -0.1) is 0 Å². The highest BCUT2D eigenvalue weighted by Crippen LogP contribution is 2.34. The standard InChI is InChI=1S/C22H27F3N6O/c1-5-16-11-19(22(23,24)25)31-20(26-16)12-17(28-31)18-7-6-9-29(18)21(32)8-10-30-15(4)13(2)14(3)27-30/h11-12,18H,5-10H2,1-4H3. The van der Waals surface area contributed by atoms with Gasteiger partial charge in [-0.05, 0) is 51.7 Å². The minimum atomic E-state index is -4.54. The largest absolute Gasteiger partial charge is 0.433 e. The number of carbonyl (C=O) groups is 1. The molecule has 0 aliphatic carbocycles. The van der Waals surface area contributed by atoms with Gasteiger partial charge in [0.25, 0.3) is 0 Å². The van der Waals surface area contributed by atoms with Crippen LogP contribution >= 0.6 is 0 Å². The molecular weight excluding hydrogens is 421 g/mol. The van der Waals surface area contributed by atoms with Crippen molar-refractivity contribution < 1.29 is 18.0 Å². The summed E-state index contributed by atoms with van der Waals surface area (Å²) in [5.74, 6) is -0.0481. The van der Waals surface area contributed by atoms with Crippen LogP contribution in [0.3, 0.4) is 0 Å². The molecular formula is C22H27F3N6O. The predicted octanol–water partition coefficient (Wildman–Crippen LogP) is 4.19. The van der Waals surface area contributed by atoms with Crippen LogP contribution in [0.4, 0.5) is 13.2 Å². The van der Waals surface area contributed by atoms with Crippen LogP contribution in [0.5, 0.6) is 0 Å². The molecule has 1 aliphatic rings. The summed E-state index contributed by atoms with van der Waals surface area (Å²) >= 11 is 0. The van der Waals surface area contributed by atoms with Crippen molar-refractivity contribution in [3.8, 4) is 0 Å². The molecule has 4 rings (SSSR count). The van der Waals surface area contributed by atoms with E-state index in [9.17, 15) is 18.0 Å². The number of alkyl halides is 3. The Morgan fingerprint density at radius 2 is 1.94 bits per heavy atom. The van der Waals surface area contributed by atoms with Gasteiger partial charge < -0.3 is 4.90 Å². The molecule has 32 heavy (non-hydrogen) atoms. The Kier molecular flexibility index (Phi) is 5.72. The van der Waals surface area contributed by atoms with E-state index < -0.39 is 11.9 Å². The normalized spacial score (nSPS) is 17.0. The van der Waals surface area contributed by atoms with Crippen LogP contribution in [0.2, 0.25) is 0 Å². The molecule has 10 heteroatoms. The monoisotopic (exact) mass is 448 g/mol. The lowest BCUT2D eigenvalue weighted by atomic mass is 10.1. The smallest absolute Gasteiger partial charge is 0.334 e. The highest BCUT2D eigenvalue weighted by Gasteiger charge is 2.37. The van der Waals surface area contributed by atoms with Crippen LogP contribution in [0.1, 0.15) is 66.3 Å². The summed E-state index contributed by atoms with van der Waals surface area (Å²) in [6.07, 6.45) is -2.44. The Labute approximate surface area is 184 Å². The Bertz CT molecular complexity index is 1160. The zero-order chi connectivity index (χ0) is 23.2. The molecule has 1 saturated heterocycles. The lowest BCUT2D eigenvalue weighted by molar-refractivity contribution is -0.142. The summed E-state index contributed by atoms with van der Waals surface area (Å²) in [6, 6.07) is 2.27. The molecule has 1 aliphatic heterocycles. The Morgan fingerprint density at radius 3 is 2.56 bits per heavy atom. The van der Waals surface area contributed by atoms with Gasteiger partial charge in [-0.3, -0.25) is 9.48 Å². The maximum Gasteiger partial charge on any atom is 0.433 e. The molecule has 1 atom stereocenters. The molecule has 1 unspecified atom stereocenters. The van der Waals surface area contributed by atoms with Crippen LogP contribution in [-0.2, 0) is 23.9 Å². The van der Waals surface area contributed by atoms with Crippen LogP contribution in [0.25, 0.3) is 5.65 Å². The summed E-state index contributed by atoms with van der Waals surface area (Å²) in [4.78, 5) is 19.0. The first-order chi connectivity index (χ1) is 15.1. The fourth-order valence-corrected chi connectivity index (χ4v) is 4.31. The highest BCUT2D eigenvalue weighted by molar-refractivity contribution is 5.77. The van der Waals surface area contributed by atoms with Crippen molar-refractivity contribution >= 4 is 11.6 Å². The lowest BCUT2D eigenvalue weighted by Gasteiger charge is -2.23. The topological polar surface area (TPSA) is 68.3 Å². The number of amides is 1. The number of fused-ring (bicyclic) bond motifs is 1. The summed E-state index contributed by atoms with van der Waals surface area (Å²) in [5, 5.41) is 8.72. The Hall–Kier alpha value is -2.91. The first kappa shape index (κ1) is 22.3. The van der Waals surface area contributed by atoms with E-state index in [0.717, 1.165) is 34.0 Å². The number of hydrogen-bond donors (Lipinski definition) is 0. The van der Waals surface area contributed by atoms with Crippen LogP contribution in [0, 0.1) is 20.8 Å². The number of likely N-dealkylation sites (tertiary alicyclic amines) is 1. The maximum absolute atomic E-state index is 13.6. The zero-order valence-electron chi connectivity index (χ0n) is 18.7. The third-order valence-electron chi connectivity index (χ3n) is 6.35. The summed E-state index contributed by atoms with van der Waals surface area (Å²) in [6.45, 7) is 8.71. The Balaban J connectivity index is 1.58. The first-order valence-corrected chi connectivity index (χ1v) is 10.9. The predicted molar refractivity (Wildman–Crippen MR) is 112 cm³/mol. The molecule has 1 fully saturated rings. The van der Waals surface area contributed by atoms with E-state index >= 15 is 0 Å². The molecule has 1 amide bonds. The van der Waals surface area contributed by atoms with Crippen molar-refractivity contribution in [1.29, 1.82) is 0 Å². The van der Waals surface area contributed by atoms with Gasteiger partial charge in [-0.2, -0.15) is 23.4 Å². The fourth-order valence-electron chi connectivity index (χ4n) is 4.31. The van der Waals surface area contributed by atoms with Crippen molar-refractivity contribution in [3.63, 3.8) is 0 Å². The van der Waals surface area contributed by atoms with E-state index in [4.69, 9.17) is 0 Å². The third-order valence-corrected chi connectivity index (χ3v) is 6.35. The SMILES string of the molecule is CCc1cc(C(F)(F)F)n2nc(C3CCCN3C(=O)CCn3nc(C)c(C)c3C)cc2n1. The molecule has 172 valence electrons. The minimum Gasteiger partial charge on any atom is -0.334 e. The number of carbonyl (C=O) groups excluding carboxylic acids is 1. The average molecular weight is 448 g/mol.